The van der Waals surface area contributed by atoms with E-state index in [0.717, 1.165) is 0 Å². The van der Waals surface area contributed by atoms with E-state index in [0.29, 0.717) is 12.4 Å². The molecule has 0 saturated carbocycles. The van der Waals surface area contributed by atoms with Crippen molar-refractivity contribution in [1.29, 1.82) is 0 Å². The molecule has 0 unspecified atom stereocenters. The van der Waals surface area contributed by atoms with Crippen LogP contribution in [0.4, 0.5) is 10.6 Å². The van der Waals surface area contributed by atoms with E-state index in [9.17, 15) is 4.79 Å². The van der Waals surface area contributed by atoms with Crippen LogP contribution in [0.1, 0.15) is 6.92 Å². The van der Waals surface area contributed by atoms with E-state index < -0.39 is 0 Å². The molecule has 12 heavy (non-hydrogen) atoms. The zero-order valence-corrected chi connectivity index (χ0v) is 6.79. The molecule has 0 saturated heterocycles. The summed E-state index contributed by atoms with van der Waals surface area (Å²) in [6.45, 7) is 2.45. The SMILES string of the molecule is CCNC(=O)Nc1cc[c]cn1. The largest absolute Gasteiger partial charge is 0.338 e. The third-order valence-electron chi connectivity index (χ3n) is 1.19. The maximum Gasteiger partial charge on any atom is 0.320 e. The van der Waals surface area contributed by atoms with Gasteiger partial charge in [-0.3, -0.25) is 5.32 Å². The van der Waals surface area contributed by atoms with Crippen LogP contribution in [0, 0.1) is 6.07 Å². The third kappa shape index (κ3) is 2.57. The molecule has 1 radical (unpaired) electrons. The quantitative estimate of drug-likeness (QED) is 0.685. The Kier molecular flexibility index (Phi) is 3.07. The second kappa shape index (κ2) is 4.33. The molecular weight excluding hydrogens is 154 g/mol. The lowest BCUT2D eigenvalue weighted by Gasteiger charge is -2.03. The second-order valence-corrected chi connectivity index (χ2v) is 2.13. The Morgan fingerprint density at radius 3 is 3.17 bits per heavy atom. The van der Waals surface area contributed by atoms with Crippen LogP contribution in [0.3, 0.4) is 0 Å². The van der Waals surface area contributed by atoms with Crippen LogP contribution in [-0.2, 0) is 0 Å². The molecule has 4 heteroatoms. The summed E-state index contributed by atoms with van der Waals surface area (Å²) in [6, 6.07) is 5.88. The van der Waals surface area contributed by atoms with Crippen molar-refractivity contribution in [2.75, 3.05) is 11.9 Å². The first-order valence-electron chi connectivity index (χ1n) is 3.70. The van der Waals surface area contributed by atoms with E-state index in [4.69, 9.17) is 0 Å². The Morgan fingerprint density at radius 1 is 1.75 bits per heavy atom. The Hall–Kier alpha value is -1.58. The molecule has 0 aliphatic heterocycles. The molecular formula is C8H10N3O. The van der Waals surface area contributed by atoms with Gasteiger partial charge in [-0.05, 0) is 19.1 Å². The minimum absolute atomic E-state index is 0.240. The van der Waals surface area contributed by atoms with Crippen LogP contribution < -0.4 is 10.6 Å². The normalized spacial score (nSPS) is 9.08. The van der Waals surface area contributed by atoms with Gasteiger partial charge in [0.1, 0.15) is 5.82 Å². The van der Waals surface area contributed by atoms with Gasteiger partial charge < -0.3 is 5.32 Å². The summed E-state index contributed by atoms with van der Waals surface area (Å²) in [6.07, 6.45) is 1.50. The minimum atomic E-state index is -0.240. The van der Waals surface area contributed by atoms with Gasteiger partial charge in [0.2, 0.25) is 0 Å². The molecule has 1 heterocycles. The van der Waals surface area contributed by atoms with Crippen LogP contribution in [-0.4, -0.2) is 17.6 Å². The number of nitrogens with one attached hydrogen (secondary N) is 2. The van der Waals surface area contributed by atoms with Crippen LogP contribution >= 0.6 is 0 Å². The van der Waals surface area contributed by atoms with Crippen molar-refractivity contribution in [3.05, 3.63) is 24.4 Å². The fraction of sp³-hybridized carbons (Fsp3) is 0.250. The van der Waals surface area contributed by atoms with Crippen LogP contribution in [0.15, 0.2) is 18.3 Å². The van der Waals surface area contributed by atoms with Gasteiger partial charge in [0.25, 0.3) is 0 Å². The van der Waals surface area contributed by atoms with Crippen LogP contribution in [0.25, 0.3) is 0 Å². The van der Waals surface area contributed by atoms with Crippen LogP contribution in [0.5, 0.6) is 0 Å². The molecule has 0 aliphatic rings. The van der Waals surface area contributed by atoms with Crippen molar-refractivity contribution in [2.24, 2.45) is 0 Å². The monoisotopic (exact) mass is 164 g/mol. The molecule has 1 rings (SSSR count). The summed E-state index contributed by atoms with van der Waals surface area (Å²) in [5, 5.41) is 5.16. The standard InChI is InChI=1S/C8H10N3O/c1-2-9-8(12)11-7-5-3-4-6-10-7/h3,5-6H,2H2,1H3,(H2,9,10,11,12). The van der Waals surface area contributed by atoms with Crippen LogP contribution in [0.2, 0.25) is 0 Å². The smallest absolute Gasteiger partial charge is 0.320 e. The molecule has 2 N–H and O–H groups in total. The predicted octanol–water partition coefficient (Wildman–Crippen LogP) is 1.02. The fourth-order valence-electron chi connectivity index (χ4n) is 0.715. The van der Waals surface area contributed by atoms with Gasteiger partial charge in [0, 0.05) is 18.8 Å². The van der Waals surface area contributed by atoms with E-state index >= 15 is 0 Å². The third-order valence-corrected chi connectivity index (χ3v) is 1.19. The number of rotatable bonds is 2. The molecule has 63 valence electrons. The van der Waals surface area contributed by atoms with Gasteiger partial charge in [-0.15, -0.1) is 0 Å². The molecule has 0 aromatic carbocycles. The number of hydrogen-bond donors (Lipinski definition) is 2. The maximum atomic E-state index is 10.9. The summed E-state index contributed by atoms with van der Waals surface area (Å²) in [5.41, 5.74) is 0. The van der Waals surface area contributed by atoms with E-state index in [1.807, 2.05) is 6.92 Å². The number of pyridine rings is 1. The van der Waals surface area contributed by atoms with Crippen molar-refractivity contribution in [3.8, 4) is 0 Å². The van der Waals surface area contributed by atoms with Crippen molar-refractivity contribution < 1.29 is 4.79 Å². The van der Waals surface area contributed by atoms with Gasteiger partial charge >= 0.3 is 6.03 Å². The highest BCUT2D eigenvalue weighted by Crippen LogP contribution is 1.97. The molecule has 4 nitrogen and oxygen atoms in total. The van der Waals surface area contributed by atoms with Crippen molar-refractivity contribution in [1.82, 2.24) is 10.3 Å². The Labute approximate surface area is 71.0 Å². The average molecular weight is 164 g/mol. The molecule has 0 atom stereocenters. The topological polar surface area (TPSA) is 54.0 Å². The summed E-state index contributed by atoms with van der Waals surface area (Å²) in [7, 11) is 0. The summed E-state index contributed by atoms with van der Waals surface area (Å²) in [4.78, 5) is 14.8. The summed E-state index contributed by atoms with van der Waals surface area (Å²) in [5.74, 6) is 0.528. The predicted molar refractivity (Wildman–Crippen MR) is 45.8 cm³/mol. The van der Waals surface area contributed by atoms with Gasteiger partial charge in [-0.2, -0.15) is 0 Å². The van der Waals surface area contributed by atoms with Gasteiger partial charge in [0.05, 0.1) is 0 Å². The number of urea groups is 1. The van der Waals surface area contributed by atoms with Gasteiger partial charge in [-0.25, -0.2) is 9.78 Å². The Balaban J connectivity index is 2.47. The van der Waals surface area contributed by atoms with E-state index in [-0.39, 0.29) is 6.03 Å². The van der Waals surface area contributed by atoms with E-state index in [2.05, 4.69) is 21.7 Å². The summed E-state index contributed by atoms with van der Waals surface area (Å²) < 4.78 is 0. The number of carbonyl (C=O) groups is 1. The Morgan fingerprint density at radius 2 is 2.58 bits per heavy atom. The lowest BCUT2D eigenvalue weighted by molar-refractivity contribution is 0.252. The lowest BCUT2D eigenvalue weighted by atomic mass is 10.5. The highest BCUT2D eigenvalue weighted by atomic mass is 16.2. The summed E-state index contributed by atoms with van der Waals surface area (Å²) >= 11 is 0. The zero-order valence-electron chi connectivity index (χ0n) is 6.79. The number of anilines is 1. The lowest BCUT2D eigenvalue weighted by Crippen LogP contribution is -2.28. The molecule has 0 aliphatic carbocycles. The highest BCUT2D eigenvalue weighted by Gasteiger charge is 1.97. The molecule has 1 aromatic rings. The first-order chi connectivity index (χ1) is 5.83. The highest BCUT2D eigenvalue weighted by molar-refractivity contribution is 5.87. The zero-order chi connectivity index (χ0) is 8.81. The number of carbonyl (C=O) groups excluding carboxylic acids is 1. The molecule has 1 aromatic heterocycles. The molecule has 2 amide bonds. The van der Waals surface area contributed by atoms with E-state index in [1.54, 1.807) is 12.1 Å². The maximum absolute atomic E-state index is 10.9. The number of hydrogen-bond acceptors (Lipinski definition) is 2. The first-order valence-corrected chi connectivity index (χ1v) is 3.70. The van der Waals surface area contributed by atoms with Gasteiger partial charge in [-0.1, -0.05) is 0 Å². The number of aromatic nitrogens is 1. The number of amides is 2. The second-order valence-electron chi connectivity index (χ2n) is 2.13. The molecule has 0 fully saturated rings. The van der Waals surface area contributed by atoms with Gasteiger partial charge in [0.15, 0.2) is 0 Å². The fourth-order valence-corrected chi connectivity index (χ4v) is 0.715. The molecule has 0 spiro atoms. The number of nitrogens with zero attached hydrogens (tertiary/aromatic N) is 1. The minimum Gasteiger partial charge on any atom is -0.338 e. The van der Waals surface area contributed by atoms with Crippen molar-refractivity contribution >= 4 is 11.8 Å². The van der Waals surface area contributed by atoms with Crippen molar-refractivity contribution in [2.45, 2.75) is 6.92 Å². The van der Waals surface area contributed by atoms with Crippen molar-refractivity contribution in [3.63, 3.8) is 0 Å². The Bertz CT molecular complexity index is 248. The average Bonchev–Trinajstić information content (AvgIpc) is 2.06. The van der Waals surface area contributed by atoms with E-state index in [1.165, 1.54) is 6.20 Å². The molecule has 0 bridgehead atoms. The first kappa shape index (κ1) is 8.52.